The summed E-state index contributed by atoms with van der Waals surface area (Å²) < 4.78 is 2.10. The van der Waals surface area contributed by atoms with Crippen LogP contribution in [0.2, 0.25) is 0 Å². The minimum Gasteiger partial charge on any atom is -0.337 e. The van der Waals surface area contributed by atoms with Crippen molar-refractivity contribution in [3.8, 4) is 0 Å². The molecule has 1 heterocycles. The largest absolute Gasteiger partial charge is 0.337 e. The first-order chi connectivity index (χ1) is 6.34. The van der Waals surface area contributed by atoms with Crippen LogP contribution in [0.25, 0.3) is 0 Å². The third-order valence-electron chi connectivity index (χ3n) is 2.69. The lowest BCUT2D eigenvalue weighted by Crippen LogP contribution is -2.18. The molecular formula is C10H14N2O. The Morgan fingerprint density at radius 2 is 2.23 bits per heavy atom. The summed E-state index contributed by atoms with van der Waals surface area (Å²) in [6, 6.07) is 0. The zero-order chi connectivity index (χ0) is 9.10. The van der Waals surface area contributed by atoms with Gasteiger partial charge in [-0.15, -0.1) is 0 Å². The van der Waals surface area contributed by atoms with Crippen LogP contribution in [0.3, 0.4) is 0 Å². The topological polar surface area (TPSA) is 34.9 Å². The van der Waals surface area contributed by atoms with Gasteiger partial charge in [-0.2, -0.15) is 0 Å². The summed E-state index contributed by atoms with van der Waals surface area (Å²) in [5.41, 5.74) is 0. The van der Waals surface area contributed by atoms with Gasteiger partial charge in [0.25, 0.3) is 0 Å². The van der Waals surface area contributed by atoms with Crippen molar-refractivity contribution in [3.05, 3.63) is 18.7 Å². The second kappa shape index (κ2) is 3.73. The quantitative estimate of drug-likeness (QED) is 0.690. The summed E-state index contributed by atoms with van der Waals surface area (Å²) in [6.07, 6.45) is 9.29. The fourth-order valence-electron chi connectivity index (χ4n) is 1.88. The Morgan fingerprint density at radius 1 is 1.46 bits per heavy atom. The van der Waals surface area contributed by atoms with E-state index in [1.54, 1.807) is 6.20 Å². The number of hydrogen-bond donors (Lipinski definition) is 0. The van der Waals surface area contributed by atoms with Gasteiger partial charge in [0.15, 0.2) is 0 Å². The number of aromatic nitrogens is 2. The Hall–Kier alpha value is -1.12. The van der Waals surface area contributed by atoms with E-state index < -0.39 is 0 Å². The monoisotopic (exact) mass is 178 g/mol. The summed E-state index contributed by atoms with van der Waals surface area (Å²) in [7, 11) is 0. The van der Waals surface area contributed by atoms with Gasteiger partial charge in [0.1, 0.15) is 5.78 Å². The van der Waals surface area contributed by atoms with Gasteiger partial charge in [-0.05, 0) is 18.8 Å². The van der Waals surface area contributed by atoms with E-state index in [9.17, 15) is 4.79 Å². The highest BCUT2D eigenvalue weighted by Gasteiger charge is 2.18. The van der Waals surface area contributed by atoms with Gasteiger partial charge in [-0.3, -0.25) is 4.79 Å². The molecule has 13 heavy (non-hydrogen) atoms. The van der Waals surface area contributed by atoms with Crippen molar-refractivity contribution in [2.75, 3.05) is 0 Å². The third kappa shape index (κ3) is 2.17. The summed E-state index contributed by atoms with van der Waals surface area (Å²) in [5.74, 6) is 1.11. The number of ketones is 1. The molecule has 3 nitrogen and oxygen atoms in total. The maximum Gasteiger partial charge on any atom is 0.132 e. The van der Waals surface area contributed by atoms with E-state index in [4.69, 9.17) is 0 Å². The molecule has 1 aliphatic carbocycles. The van der Waals surface area contributed by atoms with Gasteiger partial charge in [0, 0.05) is 31.8 Å². The Kier molecular flexibility index (Phi) is 2.43. The van der Waals surface area contributed by atoms with Crippen LogP contribution >= 0.6 is 0 Å². The molecule has 0 amide bonds. The maximum absolute atomic E-state index is 11.0. The Labute approximate surface area is 77.8 Å². The normalized spacial score (nSPS) is 19.2. The molecule has 0 radical (unpaired) electrons. The molecule has 0 aliphatic heterocycles. The van der Waals surface area contributed by atoms with Crippen LogP contribution in [-0.2, 0) is 11.3 Å². The first-order valence-electron chi connectivity index (χ1n) is 4.82. The Balaban J connectivity index is 1.86. The molecular weight excluding hydrogens is 164 g/mol. The Morgan fingerprint density at radius 3 is 2.85 bits per heavy atom. The van der Waals surface area contributed by atoms with E-state index in [1.807, 2.05) is 12.5 Å². The Bertz CT molecular complexity index is 269. The van der Waals surface area contributed by atoms with Gasteiger partial charge in [0.2, 0.25) is 0 Å². The molecule has 1 aromatic heterocycles. The first kappa shape index (κ1) is 8.48. The lowest BCUT2D eigenvalue weighted by atomic mass is 9.88. The lowest BCUT2D eigenvalue weighted by Gasteiger charge is -2.20. The van der Waals surface area contributed by atoms with Crippen molar-refractivity contribution >= 4 is 5.78 Å². The van der Waals surface area contributed by atoms with Crippen LogP contribution in [0.15, 0.2) is 18.7 Å². The molecule has 0 aromatic carbocycles. The number of carbonyl (C=O) groups is 1. The molecule has 3 heteroatoms. The van der Waals surface area contributed by atoms with Gasteiger partial charge >= 0.3 is 0 Å². The molecule has 0 bridgehead atoms. The smallest absolute Gasteiger partial charge is 0.132 e. The predicted molar refractivity (Wildman–Crippen MR) is 49.2 cm³/mol. The number of Topliss-reactive ketones (excluding diaryl/α,β-unsaturated/α-hetero) is 1. The van der Waals surface area contributed by atoms with E-state index in [0.717, 1.165) is 32.2 Å². The van der Waals surface area contributed by atoms with E-state index in [1.165, 1.54) is 0 Å². The molecule has 1 aromatic rings. The van der Waals surface area contributed by atoms with Crippen molar-refractivity contribution in [1.29, 1.82) is 0 Å². The fraction of sp³-hybridized carbons (Fsp3) is 0.600. The van der Waals surface area contributed by atoms with Gasteiger partial charge in [0.05, 0.1) is 6.33 Å². The second-order valence-corrected chi connectivity index (χ2v) is 3.74. The van der Waals surface area contributed by atoms with Crippen molar-refractivity contribution in [2.24, 2.45) is 5.92 Å². The molecule has 0 spiro atoms. The molecule has 0 N–H and O–H groups in total. The summed E-state index contributed by atoms with van der Waals surface area (Å²) >= 11 is 0. The van der Waals surface area contributed by atoms with E-state index in [-0.39, 0.29) is 0 Å². The number of carbonyl (C=O) groups excluding carboxylic acids is 1. The number of hydrogen-bond acceptors (Lipinski definition) is 2. The average molecular weight is 178 g/mol. The zero-order valence-electron chi connectivity index (χ0n) is 7.65. The van der Waals surface area contributed by atoms with Gasteiger partial charge < -0.3 is 4.57 Å². The van der Waals surface area contributed by atoms with E-state index in [0.29, 0.717) is 11.7 Å². The molecule has 2 rings (SSSR count). The number of imidazole rings is 1. The van der Waals surface area contributed by atoms with Gasteiger partial charge in [-0.1, -0.05) is 0 Å². The first-order valence-corrected chi connectivity index (χ1v) is 4.82. The molecule has 0 atom stereocenters. The SMILES string of the molecule is O=C1CCC(Cn2ccnc2)CC1. The lowest BCUT2D eigenvalue weighted by molar-refractivity contribution is -0.121. The van der Waals surface area contributed by atoms with Crippen molar-refractivity contribution < 1.29 is 4.79 Å². The minimum absolute atomic E-state index is 0.432. The molecule has 1 saturated carbocycles. The van der Waals surface area contributed by atoms with Crippen LogP contribution in [0.1, 0.15) is 25.7 Å². The molecule has 1 fully saturated rings. The van der Waals surface area contributed by atoms with Crippen LogP contribution in [-0.4, -0.2) is 15.3 Å². The molecule has 70 valence electrons. The second-order valence-electron chi connectivity index (χ2n) is 3.74. The maximum atomic E-state index is 11.0. The van der Waals surface area contributed by atoms with E-state index in [2.05, 4.69) is 9.55 Å². The van der Waals surface area contributed by atoms with E-state index >= 15 is 0 Å². The number of nitrogens with zero attached hydrogens (tertiary/aromatic N) is 2. The highest BCUT2D eigenvalue weighted by Crippen LogP contribution is 2.22. The zero-order valence-corrected chi connectivity index (χ0v) is 7.65. The standard InChI is InChI=1S/C10H14N2O/c13-10-3-1-9(2-4-10)7-12-6-5-11-8-12/h5-6,8-9H,1-4,7H2. The van der Waals surface area contributed by atoms with Crippen LogP contribution in [0.4, 0.5) is 0 Å². The molecule has 0 saturated heterocycles. The molecule has 0 unspecified atom stereocenters. The summed E-state index contributed by atoms with van der Waals surface area (Å²) in [6.45, 7) is 1.02. The summed E-state index contributed by atoms with van der Waals surface area (Å²) in [4.78, 5) is 15.0. The minimum atomic E-state index is 0.432. The van der Waals surface area contributed by atoms with Crippen molar-refractivity contribution in [2.45, 2.75) is 32.2 Å². The summed E-state index contributed by atoms with van der Waals surface area (Å²) in [5, 5.41) is 0. The van der Waals surface area contributed by atoms with Gasteiger partial charge in [-0.25, -0.2) is 4.98 Å². The third-order valence-corrected chi connectivity index (χ3v) is 2.69. The highest BCUT2D eigenvalue weighted by molar-refractivity contribution is 5.78. The average Bonchev–Trinajstić information content (AvgIpc) is 2.62. The van der Waals surface area contributed by atoms with Crippen LogP contribution < -0.4 is 0 Å². The highest BCUT2D eigenvalue weighted by atomic mass is 16.1. The van der Waals surface area contributed by atoms with Crippen LogP contribution in [0, 0.1) is 5.92 Å². The van der Waals surface area contributed by atoms with Crippen molar-refractivity contribution in [3.63, 3.8) is 0 Å². The predicted octanol–water partition coefficient (Wildman–Crippen LogP) is 1.64. The fourth-order valence-corrected chi connectivity index (χ4v) is 1.88. The van der Waals surface area contributed by atoms with Crippen molar-refractivity contribution in [1.82, 2.24) is 9.55 Å². The molecule has 1 aliphatic rings. The number of rotatable bonds is 2. The van der Waals surface area contributed by atoms with Crippen LogP contribution in [0.5, 0.6) is 0 Å².